The number of ether oxygens (including phenoxy) is 2. The van der Waals surface area contributed by atoms with Gasteiger partial charge in [-0.25, -0.2) is 0 Å². The standard InChI is InChI=1S/C10H11F2NO2.C8H10N2.C5H5NO3.C2H6.CH4O/c1-6(13-2)7-3-4-8-9(5-7)15-10(11,12)14-8;1-6-3-2-4-8(10)7(6)5-9;7-2-4-1-5(9)6(4)3-8;2*1-2/h3-6,13H,1-2H3;2-5,9H,10H2,1H3;2-4H,1H2;1-2H3;2H,1H3. The second kappa shape index (κ2) is 16.8. The first kappa shape index (κ1) is 34.1. The molecule has 0 bridgehead atoms. The van der Waals surface area contributed by atoms with E-state index in [2.05, 4.69) is 14.8 Å². The summed E-state index contributed by atoms with van der Waals surface area (Å²) in [6, 6.07) is 9.98. The van der Waals surface area contributed by atoms with Crippen LogP contribution in [0.5, 0.6) is 11.5 Å². The van der Waals surface area contributed by atoms with E-state index in [1.807, 2.05) is 39.8 Å². The van der Waals surface area contributed by atoms with Crippen LogP contribution in [0.3, 0.4) is 0 Å². The smallest absolute Gasteiger partial charge is 0.400 e. The third-order valence-electron chi connectivity index (χ3n) is 5.16. The number of carbonyl (C=O) groups is 3. The maximum Gasteiger partial charge on any atom is 0.586 e. The fourth-order valence-corrected chi connectivity index (χ4v) is 3.01. The molecule has 0 radical (unpaired) electrons. The summed E-state index contributed by atoms with van der Waals surface area (Å²) in [5, 5.41) is 17.0. The van der Waals surface area contributed by atoms with E-state index in [1.54, 1.807) is 25.2 Å². The van der Waals surface area contributed by atoms with Crippen molar-refractivity contribution in [2.45, 2.75) is 52.5 Å². The van der Waals surface area contributed by atoms with Gasteiger partial charge in [0.2, 0.25) is 12.3 Å². The van der Waals surface area contributed by atoms with E-state index < -0.39 is 12.3 Å². The number of imide groups is 1. The first-order chi connectivity index (χ1) is 18.1. The lowest BCUT2D eigenvalue weighted by molar-refractivity contribution is -0.286. The molecule has 2 aliphatic rings. The number of carbonyl (C=O) groups excluding carboxylic acids is 3. The van der Waals surface area contributed by atoms with Crippen LogP contribution >= 0.6 is 0 Å². The summed E-state index contributed by atoms with van der Waals surface area (Å²) in [5.74, 6) is -0.117. The molecule has 0 aromatic heterocycles. The molecule has 1 fully saturated rings. The van der Waals surface area contributed by atoms with E-state index >= 15 is 0 Å². The van der Waals surface area contributed by atoms with Crippen LogP contribution in [0, 0.1) is 12.3 Å². The number of anilines is 1. The third-order valence-corrected chi connectivity index (χ3v) is 5.16. The number of aldehydes is 1. The number of amides is 2. The number of benzene rings is 2. The number of nitrogens with zero attached hydrogens (tertiary/aromatic N) is 1. The summed E-state index contributed by atoms with van der Waals surface area (Å²) in [7, 11) is 2.80. The zero-order valence-corrected chi connectivity index (χ0v) is 22.3. The second-order valence-corrected chi connectivity index (χ2v) is 7.42. The Hall–Kier alpha value is -3.90. The van der Waals surface area contributed by atoms with Crippen LogP contribution in [-0.2, 0) is 14.4 Å². The average Bonchev–Trinajstić information content (AvgIpc) is 3.23. The van der Waals surface area contributed by atoms with Crippen LogP contribution in [0.25, 0.3) is 0 Å². The highest BCUT2D eigenvalue weighted by atomic mass is 19.3. The monoisotopic (exact) mass is 538 g/mol. The van der Waals surface area contributed by atoms with E-state index in [9.17, 15) is 23.2 Å². The molecular formula is C26H36F2N4O6. The number of β-lactam (4-membered cyclic amide) rings is 1. The summed E-state index contributed by atoms with van der Waals surface area (Å²) >= 11 is 0. The summed E-state index contributed by atoms with van der Waals surface area (Å²) in [4.78, 5) is 31.1. The maximum atomic E-state index is 12.7. The second-order valence-electron chi connectivity index (χ2n) is 7.42. The Morgan fingerprint density at radius 1 is 1.18 bits per heavy atom. The Bertz CT molecular complexity index is 1050. The molecule has 210 valence electrons. The van der Waals surface area contributed by atoms with Crippen molar-refractivity contribution in [2.75, 3.05) is 19.9 Å². The van der Waals surface area contributed by atoms with Gasteiger partial charge in [0.15, 0.2) is 11.5 Å². The summed E-state index contributed by atoms with van der Waals surface area (Å²) in [6.45, 7) is 7.87. The fraction of sp³-hybridized carbons (Fsp3) is 0.385. The predicted molar refractivity (Wildman–Crippen MR) is 140 cm³/mol. The number of nitrogen functional groups attached to an aromatic ring is 1. The van der Waals surface area contributed by atoms with Gasteiger partial charge in [0.1, 0.15) is 12.3 Å². The minimum Gasteiger partial charge on any atom is -0.400 e. The quantitative estimate of drug-likeness (QED) is 0.195. The number of aryl methyl sites for hydroxylation is 1. The average molecular weight is 539 g/mol. The molecule has 1 saturated heterocycles. The van der Waals surface area contributed by atoms with Crippen LogP contribution in [0.2, 0.25) is 0 Å². The number of aliphatic hydroxyl groups excluding tert-OH is 1. The van der Waals surface area contributed by atoms with Gasteiger partial charge in [0.05, 0.1) is 6.42 Å². The van der Waals surface area contributed by atoms with Crippen molar-refractivity contribution >= 4 is 30.5 Å². The molecule has 10 nitrogen and oxygen atoms in total. The summed E-state index contributed by atoms with van der Waals surface area (Å²) in [6.07, 6.45) is -1.10. The van der Waals surface area contributed by atoms with Gasteiger partial charge in [-0.1, -0.05) is 32.0 Å². The molecule has 0 saturated carbocycles. The summed E-state index contributed by atoms with van der Waals surface area (Å²) < 4.78 is 34.0. The van der Waals surface area contributed by atoms with Gasteiger partial charge in [0.25, 0.3) is 0 Å². The van der Waals surface area contributed by atoms with Crippen molar-refractivity contribution in [3.05, 3.63) is 53.1 Å². The zero-order chi connectivity index (χ0) is 29.5. The van der Waals surface area contributed by atoms with E-state index in [1.165, 1.54) is 12.3 Å². The van der Waals surface area contributed by atoms with Gasteiger partial charge in [-0.15, -0.1) is 8.78 Å². The Kier molecular flexibility index (Phi) is 15.0. The number of halogens is 2. The summed E-state index contributed by atoms with van der Waals surface area (Å²) in [5.41, 5.74) is 9.00. The largest absolute Gasteiger partial charge is 0.586 e. The molecule has 2 heterocycles. The number of rotatable bonds is 5. The number of aliphatic hydroxyl groups is 1. The van der Waals surface area contributed by atoms with E-state index in [4.69, 9.17) is 16.2 Å². The van der Waals surface area contributed by atoms with E-state index in [0.29, 0.717) is 18.4 Å². The SMILES string of the molecule is CC.CNC(C)c1ccc2c(c1)OC(F)(F)O2.CO.Cc1cccc(N)c1C=N.O=CC1CC(=O)N1C=O. The van der Waals surface area contributed by atoms with Crippen LogP contribution in [0.1, 0.15) is 49.9 Å². The molecule has 2 aliphatic heterocycles. The van der Waals surface area contributed by atoms with E-state index in [-0.39, 0.29) is 29.9 Å². The predicted octanol–water partition coefficient (Wildman–Crippen LogP) is 3.44. The number of nitrogens with one attached hydrogen (secondary N) is 2. The van der Waals surface area contributed by atoms with Gasteiger partial charge in [-0.05, 0) is 50.2 Å². The Balaban J connectivity index is 0.000000525. The zero-order valence-electron chi connectivity index (χ0n) is 22.3. The van der Waals surface area contributed by atoms with Crippen LogP contribution in [-0.4, -0.2) is 61.3 Å². The molecule has 5 N–H and O–H groups in total. The van der Waals surface area contributed by atoms with Gasteiger partial charge >= 0.3 is 6.29 Å². The van der Waals surface area contributed by atoms with Crippen LogP contribution in [0.4, 0.5) is 14.5 Å². The molecular weight excluding hydrogens is 502 g/mol. The van der Waals surface area contributed by atoms with Crippen LogP contribution in [0.15, 0.2) is 36.4 Å². The lowest BCUT2D eigenvalue weighted by atomic mass is 10.1. The van der Waals surface area contributed by atoms with E-state index in [0.717, 1.165) is 28.7 Å². The molecule has 2 aromatic rings. The number of hydrogen-bond acceptors (Lipinski definition) is 9. The van der Waals surface area contributed by atoms with Crippen molar-refractivity contribution in [2.24, 2.45) is 0 Å². The van der Waals surface area contributed by atoms with Gasteiger partial charge < -0.3 is 35.8 Å². The van der Waals surface area contributed by atoms with Crippen molar-refractivity contribution < 1.29 is 37.7 Å². The molecule has 0 aliphatic carbocycles. The third kappa shape index (κ3) is 9.52. The molecule has 0 spiro atoms. The number of hydrogen-bond donors (Lipinski definition) is 4. The topological polar surface area (TPSA) is 155 Å². The highest BCUT2D eigenvalue weighted by molar-refractivity contribution is 5.98. The molecule has 38 heavy (non-hydrogen) atoms. The number of likely N-dealkylation sites (tertiary alicyclic amines) is 1. The minimum atomic E-state index is -3.54. The Morgan fingerprint density at radius 2 is 1.79 bits per heavy atom. The van der Waals surface area contributed by atoms with Crippen molar-refractivity contribution in [1.29, 1.82) is 5.41 Å². The van der Waals surface area contributed by atoms with Crippen molar-refractivity contribution in [3.63, 3.8) is 0 Å². The number of alkyl halides is 2. The lowest BCUT2D eigenvalue weighted by Crippen LogP contribution is -2.52. The van der Waals surface area contributed by atoms with Crippen molar-refractivity contribution in [1.82, 2.24) is 10.2 Å². The van der Waals surface area contributed by atoms with Gasteiger partial charge in [-0.3, -0.25) is 14.5 Å². The molecule has 2 aromatic carbocycles. The molecule has 2 atom stereocenters. The van der Waals surface area contributed by atoms with Crippen LogP contribution < -0.4 is 20.5 Å². The Morgan fingerprint density at radius 3 is 2.21 bits per heavy atom. The van der Waals surface area contributed by atoms with Crippen molar-refractivity contribution in [3.8, 4) is 11.5 Å². The highest BCUT2D eigenvalue weighted by Gasteiger charge is 2.43. The lowest BCUT2D eigenvalue weighted by Gasteiger charge is -2.30. The number of nitrogens with two attached hydrogens (primary N) is 1. The molecule has 2 amide bonds. The van der Waals surface area contributed by atoms with Gasteiger partial charge in [0, 0.05) is 30.6 Å². The molecule has 2 unspecified atom stereocenters. The van der Waals surface area contributed by atoms with Gasteiger partial charge in [-0.2, -0.15) is 0 Å². The molecule has 12 heteroatoms. The fourth-order valence-electron chi connectivity index (χ4n) is 3.01. The number of fused-ring (bicyclic) bond motifs is 1. The Labute approximate surface area is 221 Å². The normalized spacial score (nSPS) is 16.2. The maximum absolute atomic E-state index is 12.7. The molecule has 4 rings (SSSR count). The highest BCUT2D eigenvalue weighted by Crippen LogP contribution is 2.41. The first-order valence-electron chi connectivity index (χ1n) is 11.7. The first-order valence-corrected chi connectivity index (χ1v) is 11.7. The minimum absolute atomic E-state index is 0.0760.